The number of amides is 2. The van der Waals surface area contributed by atoms with Crippen LogP contribution in [0.1, 0.15) is 16.7 Å². The summed E-state index contributed by atoms with van der Waals surface area (Å²) in [6.07, 6.45) is 3.86. The van der Waals surface area contributed by atoms with Gasteiger partial charge >= 0.3 is 0 Å². The van der Waals surface area contributed by atoms with E-state index in [0.717, 1.165) is 45.1 Å². The average Bonchev–Trinajstić information content (AvgIpc) is 3.33. The Labute approximate surface area is 202 Å². The lowest BCUT2D eigenvalue weighted by Crippen LogP contribution is -2.27. The highest BCUT2D eigenvalue weighted by Crippen LogP contribution is 2.35. The number of rotatable bonds is 7. The SMILES string of the molecule is Cc1ccccc1CN1C(=O)S/C(=C\c2cn(CCOc3ccccc3)c3ccccc23)C1=O. The fourth-order valence-corrected chi connectivity index (χ4v) is 4.92. The predicted octanol–water partition coefficient (Wildman–Crippen LogP) is 6.27. The standard InChI is InChI=1S/C28H24N2O3S/c1-20-9-5-6-10-21(20)19-30-27(31)26(34-28(30)32)17-22-18-29(25-14-8-7-13-24(22)25)15-16-33-23-11-3-2-4-12-23/h2-14,17-18H,15-16,19H2,1H3/b26-17-. The van der Waals surface area contributed by atoms with Gasteiger partial charge in [0.05, 0.1) is 18.0 Å². The molecule has 34 heavy (non-hydrogen) atoms. The lowest BCUT2D eigenvalue weighted by atomic mass is 10.1. The zero-order valence-electron chi connectivity index (χ0n) is 18.8. The van der Waals surface area contributed by atoms with Crippen molar-refractivity contribution in [2.45, 2.75) is 20.0 Å². The van der Waals surface area contributed by atoms with Crippen LogP contribution in [0, 0.1) is 6.92 Å². The molecule has 170 valence electrons. The van der Waals surface area contributed by atoms with Gasteiger partial charge < -0.3 is 9.30 Å². The van der Waals surface area contributed by atoms with E-state index in [1.54, 1.807) is 0 Å². The first-order chi connectivity index (χ1) is 16.6. The van der Waals surface area contributed by atoms with Crippen molar-refractivity contribution >= 4 is 39.9 Å². The van der Waals surface area contributed by atoms with Gasteiger partial charge in [0.2, 0.25) is 0 Å². The number of benzene rings is 3. The van der Waals surface area contributed by atoms with Gasteiger partial charge in [-0.25, -0.2) is 0 Å². The molecule has 1 aromatic heterocycles. The van der Waals surface area contributed by atoms with E-state index >= 15 is 0 Å². The molecule has 0 atom stereocenters. The van der Waals surface area contributed by atoms with Crippen LogP contribution >= 0.6 is 11.8 Å². The van der Waals surface area contributed by atoms with Crippen LogP contribution in [0.15, 0.2) is 90.0 Å². The third kappa shape index (κ3) is 4.50. The molecule has 5 nitrogen and oxygen atoms in total. The lowest BCUT2D eigenvalue weighted by Gasteiger charge is -2.14. The van der Waals surface area contributed by atoms with Gasteiger partial charge in [-0.2, -0.15) is 0 Å². The second-order valence-corrected chi connectivity index (χ2v) is 9.14. The Bertz CT molecular complexity index is 1390. The van der Waals surface area contributed by atoms with Crippen LogP contribution in [-0.4, -0.2) is 27.2 Å². The molecule has 1 aliphatic rings. The van der Waals surface area contributed by atoms with E-state index in [1.807, 2.05) is 92.0 Å². The summed E-state index contributed by atoms with van der Waals surface area (Å²) in [4.78, 5) is 27.5. The number of nitrogens with zero attached hydrogens (tertiary/aromatic N) is 2. The summed E-state index contributed by atoms with van der Waals surface area (Å²) < 4.78 is 7.99. The first-order valence-electron chi connectivity index (χ1n) is 11.2. The maximum absolute atomic E-state index is 13.1. The molecule has 4 aromatic rings. The lowest BCUT2D eigenvalue weighted by molar-refractivity contribution is -0.123. The molecule has 2 amide bonds. The molecule has 2 heterocycles. The molecule has 0 spiro atoms. The van der Waals surface area contributed by atoms with Gasteiger partial charge in [-0.05, 0) is 54.1 Å². The van der Waals surface area contributed by atoms with Crippen LogP contribution in [-0.2, 0) is 17.9 Å². The van der Waals surface area contributed by atoms with E-state index in [2.05, 4.69) is 10.6 Å². The number of fused-ring (bicyclic) bond motifs is 1. The van der Waals surface area contributed by atoms with Crippen molar-refractivity contribution in [2.75, 3.05) is 6.61 Å². The Morgan fingerprint density at radius 2 is 1.65 bits per heavy atom. The molecular formula is C28H24N2O3S. The van der Waals surface area contributed by atoms with E-state index in [9.17, 15) is 9.59 Å². The number of aryl methyl sites for hydroxylation is 1. The summed E-state index contributed by atoms with van der Waals surface area (Å²) in [5.41, 5.74) is 4.01. The van der Waals surface area contributed by atoms with Gasteiger partial charge in [-0.3, -0.25) is 14.5 Å². The molecule has 3 aromatic carbocycles. The fourth-order valence-electron chi connectivity index (χ4n) is 4.09. The van der Waals surface area contributed by atoms with Crippen molar-refractivity contribution in [3.63, 3.8) is 0 Å². The second-order valence-electron chi connectivity index (χ2n) is 8.15. The summed E-state index contributed by atoms with van der Waals surface area (Å²) in [7, 11) is 0. The monoisotopic (exact) mass is 468 g/mol. The van der Waals surface area contributed by atoms with E-state index < -0.39 is 0 Å². The van der Waals surface area contributed by atoms with Crippen LogP contribution < -0.4 is 4.74 Å². The number of thioether (sulfide) groups is 1. The number of para-hydroxylation sites is 2. The minimum atomic E-state index is -0.248. The average molecular weight is 469 g/mol. The van der Waals surface area contributed by atoms with Gasteiger partial charge in [0.1, 0.15) is 12.4 Å². The van der Waals surface area contributed by atoms with Crippen molar-refractivity contribution in [3.8, 4) is 5.75 Å². The maximum atomic E-state index is 13.1. The van der Waals surface area contributed by atoms with Crippen molar-refractivity contribution < 1.29 is 14.3 Å². The number of imide groups is 1. The van der Waals surface area contributed by atoms with Crippen molar-refractivity contribution in [1.29, 1.82) is 0 Å². The molecular weight excluding hydrogens is 444 g/mol. The van der Waals surface area contributed by atoms with Crippen LogP contribution in [0.4, 0.5) is 4.79 Å². The number of aromatic nitrogens is 1. The van der Waals surface area contributed by atoms with E-state index in [0.29, 0.717) is 18.1 Å². The number of carbonyl (C=O) groups excluding carboxylic acids is 2. The Kier molecular flexibility index (Phi) is 6.23. The number of hydrogen-bond donors (Lipinski definition) is 0. The largest absolute Gasteiger partial charge is 0.492 e. The first kappa shape index (κ1) is 22.0. The summed E-state index contributed by atoms with van der Waals surface area (Å²) >= 11 is 0.999. The Morgan fingerprint density at radius 3 is 2.47 bits per heavy atom. The Morgan fingerprint density at radius 1 is 0.912 bits per heavy atom. The van der Waals surface area contributed by atoms with Crippen LogP contribution in [0.5, 0.6) is 5.75 Å². The third-order valence-corrected chi connectivity index (χ3v) is 6.82. The smallest absolute Gasteiger partial charge is 0.293 e. The van der Waals surface area contributed by atoms with Gasteiger partial charge in [-0.1, -0.05) is 60.7 Å². The highest BCUT2D eigenvalue weighted by Gasteiger charge is 2.35. The van der Waals surface area contributed by atoms with E-state index in [4.69, 9.17) is 4.74 Å². The van der Waals surface area contributed by atoms with Crippen LogP contribution in [0.2, 0.25) is 0 Å². The number of carbonyl (C=O) groups is 2. The fraction of sp³-hybridized carbons (Fsp3) is 0.143. The molecule has 0 unspecified atom stereocenters. The molecule has 0 radical (unpaired) electrons. The third-order valence-electron chi connectivity index (χ3n) is 5.91. The highest BCUT2D eigenvalue weighted by molar-refractivity contribution is 8.18. The van der Waals surface area contributed by atoms with Crippen molar-refractivity contribution in [1.82, 2.24) is 9.47 Å². The molecule has 6 heteroatoms. The van der Waals surface area contributed by atoms with Gasteiger partial charge in [0, 0.05) is 22.7 Å². The highest BCUT2D eigenvalue weighted by atomic mass is 32.2. The first-order valence-corrected chi connectivity index (χ1v) is 12.0. The molecule has 0 bridgehead atoms. The zero-order valence-corrected chi connectivity index (χ0v) is 19.6. The Balaban J connectivity index is 1.37. The minimum absolute atomic E-state index is 0.237. The van der Waals surface area contributed by atoms with Gasteiger partial charge in [-0.15, -0.1) is 0 Å². The van der Waals surface area contributed by atoms with E-state index in [-0.39, 0.29) is 17.7 Å². The molecule has 1 fully saturated rings. The summed E-state index contributed by atoms with van der Waals surface area (Å²) in [6, 6.07) is 25.6. The van der Waals surface area contributed by atoms with Crippen LogP contribution in [0.3, 0.4) is 0 Å². The summed E-state index contributed by atoms with van der Waals surface area (Å²) in [5, 5.41) is 0.799. The molecule has 5 rings (SSSR count). The zero-order chi connectivity index (χ0) is 23.5. The quantitative estimate of drug-likeness (QED) is 0.300. The number of hydrogen-bond acceptors (Lipinski definition) is 4. The van der Waals surface area contributed by atoms with E-state index in [1.165, 1.54) is 4.90 Å². The summed E-state index contributed by atoms with van der Waals surface area (Å²) in [6.45, 7) is 3.46. The Hall–Kier alpha value is -3.77. The molecule has 1 saturated heterocycles. The molecule has 0 saturated carbocycles. The second kappa shape index (κ2) is 9.61. The molecule has 0 aliphatic carbocycles. The van der Waals surface area contributed by atoms with Crippen molar-refractivity contribution in [2.24, 2.45) is 0 Å². The van der Waals surface area contributed by atoms with Gasteiger partial charge in [0.25, 0.3) is 11.1 Å². The molecule has 0 N–H and O–H groups in total. The normalized spacial score (nSPS) is 15.0. The van der Waals surface area contributed by atoms with Crippen LogP contribution in [0.25, 0.3) is 17.0 Å². The minimum Gasteiger partial charge on any atom is -0.492 e. The van der Waals surface area contributed by atoms with Gasteiger partial charge in [0.15, 0.2) is 0 Å². The number of ether oxygens (including phenoxy) is 1. The summed E-state index contributed by atoms with van der Waals surface area (Å²) in [5.74, 6) is 0.587. The molecule has 1 aliphatic heterocycles. The van der Waals surface area contributed by atoms with Crippen molar-refractivity contribution in [3.05, 3.63) is 107 Å². The maximum Gasteiger partial charge on any atom is 0.293 e. The topological polar surface area (TPSA) is 51.5 Å². The predicted molar refractivity (Wildman–Crippen MR) is 137 cm³/mol.